The number of hydrogen-bond donors (Lipinski definition) is 2. The van der Waals surface area contributed by atoms with Crippen molar-refractivity contribution in [2.45, 2.75) is 24.3 Å². The number of rotatable bonds is 4. The first-order chi connectivity index (χ1) is 16.8. The third-order valence-electron chi connectivity index (χ3n) is 5.99. The van der Waals surface area contributed by atoms with E-state index in [1.165, 1.54) is 35.5 Å². The van der Waals surface area contributed by atoms with Crippen molar-refractivity contribution in [1.29, 1.82) is 0 Å². The number of H-pyrrole nitrogens is 1. The minimum atomic E-state index is -4.09. The number of sulfonamides is 1. The van der Waals surface area contributed by atoms with E-state index in [9.17, 15) is 22.8 Å². The summed E-state index contributed by atoms with van der Waals surface area (Å²) in [7, 11) is -4.09. The van der Waals surface area contributed by atoms with Gasteiger partial charge < -0.3 is 10.3 Å². The Balaban J connectivity index is 1.62. The number of amides is 1. The Morgan fingerprint density at radius 1 is 1.00 bits per heavy atom. The largest absolute Gasteiger partial charge is 0.351 e. The van der Waals surface area contributed by atoms with Crippen molar-refractivity contribution in [2.24, 2.45) is 0 Å². The van der Waals surface area contributed by atoms with Gasteiger partial charge in [-0.1, -0.05) is 36.4 Å². The highest BCUT2D eigenvalue weighted by Gasteiger charge is 2.33. The first-order valence-corrected chi connectivity index (χ1v) is 12.4. The third-order valence-corrected chi connectivity index (χ3v) is 7.76. The number of anilines is 1. The Kier molecular flexibility index (Phi) is 5.52. The van der Waals surface area contributed by atoms with Crippen LogP contribution in [0.5, 0.6) is 0 Å². The molecule has 5 rings (SSSR count). The van der Waals surface area contributed by atoms with Crippen LogP contribution in [0.15, 0.2) is 87.3 Å². The van der Waals surface area contributed by atoms with Gasteiger partial charge in [-0.25, -0.2) is 17.8 Å². The first-order valence-electron chi connectivity index (χ1n) is 11.0. The number of carbonyl (C=O) groups is 1. The van der Waals surface area contributed by atoms with Gasteiger partial charge in [0.25, 0.3) is 15.6 Å². The molecular weight excluding hydrogens is 468 g/mol. The van der Waals surface area contributed by atoms with E-state index in [0.717, 1.165) is 10.1 Å². The van der Waals surface area contributed by atoms with Crippen LogP contribution >= 0.6 is 0 Å². The first kappa shape index (κ1) is 22.6. The maximum Gasteiger partial charge on any atom is 0.333 e. The number of nitrogens with zero attached hydrogens (tertiary/aromatic N) is 2. The SMILES string of the molecule is CC(=O)NC1Cc2ccccc2N(S(=O)(=O)c2cccc(-n3c(=O)[nH]c4ccccc4c3=O)c2)C1. The van der Waals surface area contributed by atoms with Gasteiger partial charge >= 0.3 is 5.69 Å². The molecule has 0 saturated heterocycles. The maximum absolute atomic E-state index is 13.8. The summed E-state index contributed by atoms with van der Waals surface area (Å²) in [6.45, 7) is 1.45. The number of fused-ring (bicyclic) bond motifs is 2. The molecule has 4 aromatic rings. The van der Waals surface area contributed by atoms with E-state index in [-0.39, 0.29) is 23.0 Å². The second-order valence-corrected chi connectivity index (χ2v) is 10.2. The van der Waals surface area contributed by atoms with Gasteiger partial charge in [-0.15, -0.1) is 0 Å². The molecule has 1 aromatic heterocycles. The van der Waals surface area contributed by atoms with Gasteiger partial charge in [0.15, 0.2) is 0 Å². The number of carbonyl (C=O) groups excluding carboxylic acids is 1. The summed E-state index contributed by atoms with van der Waals surface area (Å²) >= 11 is 0. The summed E-state index contributed by atoms with van der Waals surface area (Å²) in [6.07, 6.45) is 0.504. The Morgan fingerprint density at radius 3 is 2.54 bits per heavy atom. The minimum Gasteiger partial charge on any atom is -0.351 e. The summed E-state index contributed by atoms with van der Waals surface area (Å²) < 4.78 is 29.8. The fourth-order valence-corrected chi connectivity index (χ4v) is 6.06. The van der Waals surface area contributed by atoms with Gasteiger partial charge in [0, 0.05) is 6.92 Å². The Bertz CT molecular complexity index is 1690. The van der Waals surface area contributed by atoms with Crippen molar-refractivity contribution in [2.75, 3.05) is 10.8 Å². The molecule has 1 aliphatic rings. The van der Waals surface area contributed by atoms with Gasteiger partial charge in [0.1, 0.15) is 0 Å². The van der Waals surface area contributed by atoms with Gasteiger partial charge in [0.05, 0.1) is 39.8 Å². The smallest absolute Gasteiger partial charge is 0.333 e. The molecule has 1 unspecified atom stereocenters. The molecule has 178 valence electrons. The third kappa shape index (κ3) is 4.01. The molecule has 2 N–H and O–H groups in total. The number of nitrogens with one attached hydrogen (secondary N) is 2. The topological polar surface area (TPSA) is 121 Å². The molecule has 1 atom stereocenters. The van der Waals surface area contributed by atoms with Crippen LogP contribution in [0.3, 0.4) is 0 Å². The maximum atomic E-state index is 13.8. The molecule has 9 nitrogen and oxygen atoms in total. The quantitative estimate of drug-likeness (QED) is 0.453. The molecule has 1 amide bonds. The highest BCUT2D eigenvalue weighted by atomic mass is 32.2. The van der Waals surface area contributed by atoms with E-state index in [2.05, 4.69) is 10.3 Å². The number of aromatic amines is 1. The highest BCUT2D eigenvalue weighted by Crippen LogP contribution is 2.32. The molecule has 0 radical (unpaired) electrons. The van der Waals surface area contributed by atoms with E-state index < -0.39 is 27.3 Å². The van der Waals surface area contributed by atoms with Gasteiger partial charge in [-0.2, -0.15) is 0 Å². The molecule has 2 heterocycles. The van der Waals surface area contributed by atoms with Gasteiger partial charge in [-0.05, 0) is 48.4 Å². The number of aromatic nitrogens is 2. The molecule has 0 saturated carbocycles. The van der Waals surface area contributed by atoms with Crippen molar-refractivity contribution < 1.29 is 13.2 Å². The molecule has 35 heavy (non-hydrogen) atoms. The van der Waals surface area contributed by atoms with E-state index >= 15 is 0 Å². The lowest BCUT2D eigenvalue weighted by Gasteiger charge is -2.35. The lowest BCUT2D eigenvalue weighted by atomic mass is 10.00. The lowest BCUT2D eigenvalue weighted by molar-refractivity contribution is -0.119. The highest BCUT2D eigenvalue weighted by molar-refractivity contribution is 7.92. The van der Waals surface area contributed by atoms with Gasteiger partial charge in [0.2, 0.25) is 5.91 Å². The predicted octanol–water partition coefficient (Wildman–Crippen LogP) is 1.94. The fourth-order valence-electron chi connectivity index (χ4n) is 4.47. The van der Waals surface area contributed by atoms with Crippen molar-refractivity contribution >= 4 is 32.5 Å². The molecule has 0 aliphatic carbocycles. The molecule has 10 heteroatoms. The van der Waals surface area contributed by atoms with Crippen LogP contribution in [0, 0.1) is 0 Å². The summed E-state index contributed by atoms with van der Waals surface area (Å²) in [4.78, 5) is 40.1. The van der Waals surface area contributed by atoms with Crippen molar-refractivity contribution in [3.63, 3.8) is 0 Å². The van der Waals surface area contributed by atoms with Crippen molar-refractivity contribution in [1.82, 2.24) is 14.9 Å². The second kappa shape index (κ2) is 8.55. The zero-order valence-electron chi connectivity index (χ0n) is 18.8. The van der Waals surface area contributed by atoms with Crippen LogP contribution in [0.4, 0.5) is 5.69 Å². The number of para-hydroxylation sites is 2. The Morgan fingerprint density at radius 2 is 1.74 bits per heavy atom. The Labute approximate surface area is 200 Å². The zero-order chi connectivity index (χ0) is 24.7. The molecule has 1 aliphatic heterocycles. The average molecular weight is 491 g/mol. The number of benzene rings is 3. The van der Waals surface area contributed by atoms with Crippen LogP contribution < -0.4 is 20.9 Å². The molecular formula is C25H22N4O5S. The lowest BCUT2D eigenvalue weighted by Crippen LogP contribution is -2.49. The molecule has 0 fully saturated rings. The predicted molar refractivity (Wildman–Crippen MR) is 132 cm³/mol. The molecule has 3 aromatic carbocycles. The van der Waals surface area contributed by atoms with E-state index in [0.29, 0.717) is 23.0 Å². The van der Waals surface area contributed by atoms with Crippen LogP contribution in [-0.2, 0) is 21.2 Å². The van der Waals surface area contributed by atoms with Crippen LogP contribution in [0.1, 0.15) is 12.5 Å². The van der Waals surface area contributed by atoms with Crippen LogP contribution in [-0.4, -0.2) is 36.5 Å². The minimum absolute atomic E-state index is 0.0552. The van der Waals surface area contributed by atoms with Crippen LogP contribution in [0.2, 0.25) is 0 Å². The average Bonchev–Trinajstić information content (AvgIpc) is 2.83. The summed E-state index contributed by atoms with van der Waals surface area (Å²) in [5.74, 6) is -0.247. The standard InChI is InChI=1S/C25H22N4O5S/c1-16(30)26-18-13-17-7-2-5-12-23(17)28(15-18)35(33,34)20-9-6-8-19(14-20)29-24(31)21-10-3-4-11-22(21)27-25(29)32/h2-12,14,18H,13,15H2,1H3,(H,26,30)(H,27,32). The summed E-state index contributed by atoms with van der Waals surface area (Å²) in [5.41, 5.74) is 0.633. The van der Waals surface area contributed by atoms with Crippen LogP contribution in [0.25, 0.3) is 16.6 Å². The Hall–Kier alpha value is -4.18. The van der Waals surface area contributed by atoms with Crippen molar-refractivity contribution in [3.8, 4) is 5.69 Å². The fraction of sp³-hybridized carbons (Fsp3) is 0.160. The summed E-state index contributed by atoms with van der Waals surface area (Å²) in [5, 5.41) is 3.12. The van der Waals surface area contributed by atoms with E-state index in [1.807, 2.05) is 12.1 Å². The van der Waals surface area contributed by atoms with E-state index in [1.54, 1.807) is 36.4 Å². The zero-order valence-corrected chi connectivity index (χ0v) is 19.6. The monoisotopic (exact) mass is 490 g/mol. The van der Waals surface area contributed by atoms with Crippen molar-refractivity contribution in [3.05, 3.63) is 99.2 Å². The number of hydrogen-bond acceptors (Lipinski definition) is 5. The second-order valence-electron chi connectivity index (χ2n) is 8.38. The summed E-state index contributed by atoms with van der Waals surface area (Å²) in [6, 6.07) is 19.1. The molecule has 0 bridgehead atoms. The molecule has 0 spiro atoms. The van der Waals surface area contributed by atoms with Gasteiger partial charge in [-0.3, -0.25) is 13.9 Å². The normalized spacial score (nSPS) is 15.6. The van der Waals surface area contributed by atoms with E-state index in [4.69, 9.17) is 0 Å².